The molecule has 0 aromatic heterocycles. The summed E-state index contributed by atoms with van der Waals surface area (Å²) in [6.45, 7) is 6.71. The number of nitrogens with one attached hydrogen (secondary N) is 1. The number of hydrogen-bond acceptors (Lipinski definition) is 6. The van der Waals surface area contributed by atoms with Gasteiger partial charge in [-0.1, -0.05) is 0 Å². The van der Waals surface area contributed by atoms with Gasteiger partial charge in [-0.3, -0.25) is 0 Å². The van der Waals surface area contributed by atoms with Crippen LogP contribution in [0.2, 0.25) is 0 Å². The molecule has 1 rings (SSSR count). The van der Waals surface area contributed by atoms with Crippen LogP contribution in [0.4, 0.5) is 4.79 Å². The summed E-state index contributed by atoms with van der Waals surface area (Å²) >= 11 is 0. The van der Waals surface area contributed by atoms with Crippen LogP contribution >= 0.6 is 0 Å². The molecular formula is C16H23NO6S. The largest absolute Gasteiger partial charge is 0.465 e. The van der Waals surface area contributed by atoms with Crippen LogP contribution < -0.4 is 5.32 Å². The standard InChI is InChI=1S/C16H23NO6S/c1-11-10-12(6-7-13(11)14(18)22-5)24(20,21)9-8-17-15(19)23-16(2,3)4/h6-7,10H,8-9H2,1-5H3,(H,17,19). The Morgan fingerprint density at radius 1 is 1.21 bits per heavy atom. The number of aryl methyl sites for hydroxylation is 1. The fourth-order valence-electron chi connectivity index (χ4n) is 1.89. The normalized spacial score (nSPS) is 11.7. The molecule has 24 heavy (non-hydrogen) atoms. The van der Waals surface area contributed by atoms with Gasteiger partial charge in [-0.15, -0.1) is 0 Å². The number of rotatable bonds is 5. The van der Waals surface area contributed by atoms with Crippen LogP contribution in [0.5, 0.6) is 0 Å². The van der Waals surface area contributed by atoms with Crippen LogP contribution in [0.25, 0.3) is 0 Å². The molecule has 1 aromatic rings. The molecule has 0 bridgehead atoms. The third-order valence-corrected chi connectivity index (χ3v) is 4.72. The predicted molar refractivity (Wildman–Crippen MR) is 88.8 cm³/mol. The maximum Gasteiger partial charge on any atom is 0.407 e. The average molecular weight is 357 g/mol. The molecule has 0 aliphatic heterocycles. The van der Waals surface area contributed by atoms with E-state index >= 15 is 0 Å². The lowest BCUT2D eigenvalue weighted by Crippen LogP contribution is -2.35. The lowest BCUT2D eigenvalue weighted by atomic mass is 10.1. The van der Waals surface area contributed by atoms with E-state index in [4.69, 9.17) is 4.74 Å². The number of ether oxygens (including phenoxy) is 2. The van der Waals surface area contributed by atoms with Gasteiger partial charge in [0.05, 0.1) is 23.3 Å². The molecule has 7 nitrogen and oxygen atoms in total. The summed E-state index contributed by atoms with van der Waals surface area (Å²) < 4.78 is 34.2. The van der Waals surface area contributed by atoms with Crippen molar-refractivity contribution < 1.29 is 27.5 Å². The molecular weight excluding hydrogens is 334 g/mol. The van der Waals surface area contributed by atoms with E-state index in [2.05, 4.69) is 10.1 Å². The highest BCUT2D eigenvalue weighted by Crippen LogP contribution is 2.17. The van der Waals surface area contributed by atoms with Crippen molar-refractivity contribution in [3.05, 3.63) is 29.3 Å². The van der Waals surface area contributed by atoms with E-state index in [-0.39, 0.29) is 17.2 Å². The van der Waals surface area contributed by atoms with Crippen molar-refractivity contribution in [3.8, 4) is 0 Å². The molecule has 0 aliphatic carbocycles. The summed E-state index contributed by atoms with van der Waals surface area (Å²) in [4.78, 5) is 23.1. The van der Waals surface area contributed by atoms with E-state index < -0.39 is 27.5 Å². The first-order chi connectivity index (χ1) is 11.0. The van der Waals surface area contributed by atoms with Gasteiger partial charge in [-0.05, 0) is 51.5 Å². The third-order valence-electron chi connectivity index (χ3n) is 3.00. The molecule has 0 spiro atoms. The molecule has 1 amide bonds. The summed E-state index contributed by atoms with van der Waals surface area (Å²) in [7, 11) is -2.34. The number of amides is 1. The molecule has 1 aromatic carbocycles. The molecule has 8 heteroatoms. The van der Waals surface area contributed by atoms with Crippen molar-refractivity contribution >= 4 is 21.9 Å². The van der Waals surface area contributed by atoms with Gasteiger partial charge in [-0.2, -0.15) is 0 Å². The summed E-state index contributed by atoms with van der Waals surface area (Å²) in [5, 5.41) is 2.40. The van der Waals surface area contributed by atoms with Crippen LogP contribution in [-0.4, -0.2) is 45.5 Å². The number of alkyl carbamates (subject to hydrolysis) is 1. The predicted octanol–water partition coefficient (Wildman–Crippen LogP) is 2.08. The summed E-state index contributed by atoms with van der Waals surface area (Å²) in [6.07, 6.45) is -0.671. The van der Waals surface area contributed by atoms with Crippen molar-refractivity contribution in [2.24, 2.45) is 0 Å². The Balaban J connectivity index is 2.74. The number of hydrogen-bond donors (Lipinski definition) is 1. The molecule has 0 atom stereocenters. The van der Waals surface area contributed by atoms with Crippen molar-refractivity contribution in [2.75, 3.05) is 19.4 Å². The van der Waals surface area contributed by atoms with Gasteiger partial charge in [0.25, 0.3) is 0 Å². The Hall–Kier alpha value is -2.09. The maximum atomic E-state index is 12.3. The monoisotopic (exact) mass is 357 g/mol. The van der Waals surface area contributed by atoms with Crippen LogP contribution in [0.3, 0.4) is 0 Å². The molecule has 0 unspecified atom stereocenters. The highest BCUT2D eigenvalue weighted by molar-refractivity contribution is 7.91. The molecule has 1 N–H and O–H groups in total. The van der Waals surface area contributed by atoms with Crippen molar-refractivity contribution in [1.82, 2.24) is 5.32 Å². The second kappa shape index (κ2) is 7.65. The van der Waals surface area contributed by atoms with E-state index in [9.17, 15) is 18.0 Å². The highest BCUT2D eigenvalue weighted by Gasteiger charge is 2.19. The Labute approximate surface area is 142 Å². The van der Waals surface area contributed by atoms with Crippen LogP contribution in [0.15, 0.2) is 23.1 Å². The Kier molecular flexibility index (Phi) is 6.36. The van der Waals surface area contributed by atoms with Gasteiger partial charge in [0.1, 0.15) is 5.60 Å². The van der Waals surface area contributed by atoms with E-state index in [0.717, 1.165) is 0 Å². The van der Waals surface area contributed by atoms with Crippen molar-refractivity contribution in [1.29, 1.82) is 0 Å². The number of methoxy groups -OCH3 is 1. The first-order valence-corrected chi connectivity index (χ1v) is 9.00. The average Bonchev–Trinajstić information content (AvgIpc) is 2.44. The number of sulfone groups is 1. The Bertz CT molecular complexity index is 719. The molecule has 0 heterocycles. The van der Waals surface area contributed by atoms with Crippen LogP contribution in [0, 0.1) is 6.92 Å². The third kappa shape index (κ3) is 5.84. The van der Waals surface area contributed by atoms with Gasteiger partial charge in [0.2, 0.25) is 0 Å². The first-order valence-electron chi connectivity index (χ1n) is 7.35. The molecule has 0 saturated carbocycles. The highest BCUT2D eigenvalue weighted by atomic mass is 32.2. The lowest BCUT2D eigenvalue weighted by Gasteiger charge is -2.19. The summed E-state index contributed by atoms with van der Waals surface area (Å²) in [6, 6.07) is 4.17. The zero-order valence-electron chi connectivity index (χ0n) is 14.5. The quantitative estimate of drug-likeness (QED) is 0.810. The zero-order chi connectivity index (χ0) is 18.5. The van der Waals surface area contributed by atoms with Crippen molar-refractivity contribution in [3.63, 3.8) is 0 Å². The number of benzene rings is 1. The zero-order valence-corrected chi connectivity index (χ0v) is 15.3. The number of carbonyl (C=O) groups is 2. The van der Waals surface area contributed by atoms with Gasteiger partial charge in [-0.25, -0.2) is 18.0 Å². The smallest absolute Gasteiger partial charge is 0.407 e. The van der Waals surface area contributed by atoms with E-state index in [1.807, 2.05) is 0 Å². The Morgan fingerprint density at radius 2 is 1.83 bits per heavy atom. The number of carbonyl (C=O) groups excluding carboxylic acids is 2. The van der Waals surface area contributed by atoms with Gasteiger partial charge in [0, 0.05) is 6.54 Å². The summed E-state index contributed by atoms with van der Waals surface area (Å²) in [5.74, 6) is -0.800. The minimum Gasteiger partial charge on any atom is -0.465 e. The fraction of sp³-hybridized carbons (Fsp3) is 0.500. The number of esters is 1. The van der Waals surface area contributed by atoms with E-state index in [1.165, 1.54) is 25.3 Å². The second-order valence-electron chi connectivity index (χ2n) is 6.22. The fourth-order valence-corrected chi connectivity index (χ4v) is 3.13. The molecule has 0 aliphatic rings. The molecule has 0 saturated heterocycles. The molecule has 0 fully saturated rings. The maximum absolute atomic E-state index is 12.3. The SMILES string of the molecule is COC(=O)c1ccc(S(=O)(=O)CCNC(=O)OC(C)(C)C)cc1C. The van der Waals surface area contributed by atoms with Gasteiger partial charge < -0.3 is 14.8 Å². The summed E-state index contributed by atoms with van der Waals surface area (Å²) in [5.41, 5.74) is 0.162. The van der Waals surface area contributed by atoms with Gasteiger partial charge in [0.15, 0.2) is 9.84 Å². The molecule has 0 radical (unpaired) electrons. The molecule has 134 valence electrons. The second-order valence-corrected chi connectivity index (χ2v) is 8.32. The minimum absolute atomic E-state index is 0.0744. The van der Waals surface area contributed by atoms with Crippen LogP contribution in [0.1, 0.15) is 36.7 Å². The van der Waals surface area contributed by atoms with Crippen molar-refractivity contribution in [2.45, 2.75) is 38.2 Å². The van der Waals surface area contributed by atoms with E-state index in [1.54, 1.807) is 27.7 Å². The first kappa shape index (κ1) is 20.0. The topological polar surface area (TPSA) is 98.8 Å². The van der Waals surface area contributed by atoms with E-state index in [0.29, 0.717) is 11.1 Å². The Morgan fingerprint density at radius 3 is 2.33 bits per heavy atom. The van der Waals surface area contributed by atoms with Gasteiger partial charge >= 0.3 is 12.1 Å². The van der Waals surface area contributed by atoms with Crippen LogP contribution in [-0.2, 0) is 19.3 Å². The minimum atomic E-state index is -3.59. The lowest BCUT2D eigenvalue weighted by molar-refractivity contribution is 0.0530.